The van der Waals surface area contributed by atoms with Gasteiger partial charge in [0, 0.05) is 23.9 Å². The Hall–Kier alpha value is -1.65. The first-order chi connectivity index (χ1) is 8.50. The van der Waals surface area contributed by atoms with Gasteiger partial charge in [-0.25, -0.2) is 4.79 Å². The standard InChI is InChI=1S/C13H18N2O3/c1-8-11(6-7-12(16)17)9(2)15(13(18)14-8)10-4-3-5-10/h10H,3-7H2,1-2H3,(H,16,17). The molecule has 1 aromatic heterocycles. The summed E-state index contributed by atoms with van der Waals surface area (Å²) < 4.78 is 1.74. The third-order valence-electron chi connectivity index (χ3n) is 3.73. The lowest BCUT2D eigenvalue weighted by molar-refractivity contribution is -0.136. The number of aliphatic carboxylic acids is 1. The van der Waals surface area contributed by atoms with Gasteiger partial charge in [-0.3, -0.25) is 9.36 Å². The topological polar surface area (TPSA) is 72.2 Å². The molecule has 0 atom stereocenters. The summed E-state index contributed by atoms with van der Waals surface area (Å²) in [5.74, 6) is -0.824. The monoisotopic (exact) mass is 250 g/mol. The number of hydrogen-bond acceptors (Lipinski definition) is 3. The molecule has 18 heavy (non-hydrogen) atoms. The van der Waals surface area contributed by atoms with E-state index >= 15 is 0 Å². The second kappa shape index (κ2) is 4.92. The zero-order chi connectivity index (χ0) is 13.3. The van der Waals surface area contributed by atoms with Crippen LogP contribution < -0.4 is 5.69 Å². The molecule has 5 nitrogen and oxygen atoms in total. The van der Waals surface area contributed by atoms with E-state index < -0.39 is 5.97 Å². The summed E-state index contributed by atoms with van der Waals surface area (Å²) in [6.07, 6.45) is 3.70. The van der Waals surface area contributed by atoms with E-state index in [9.17, 15) is 9.59 Å². The van der Waals surface area contributed by atoms with Crippen LogP contribution in [0.2, 0.25) is 0 Å². The maximum absolute atomic E-state index is 11.9. The van der Waals surface area contributed by atoms with Crippen molar-refractivity contribution in [1.29, 1.82) is 0 Å². The van der Waals surface area contributed by atoms with Crippen molar-refractivity contribution in [2.45, 2.75) is 52.0 Å². The lowest BCUT2D eigenvalue weighted by Gasteiger charge is -2.30. The number of aromatic nitrogens is 2. The molecular weight excluding hydrogens is 232 g/mol. The smallest absolute Gasteiger partial charge is 0.348 e. The van der Waals surface area contributed by atoms with Crippen LogP contribution >= 0.6 is 0 Å². The van der Waals surface area contributed by atoms with Gasteiger partial charge in [0.1, 0.15) is 0 Å². The first kappa shape index (κ1) is 12.8. The molecule has 5 heteroatoms. The molecule has 0 aromatic carbocycles. The highest BCUT2D eigenvalue weighted by molar-refractivity contribution is 5.67. The number of carboxylic acids is 1. The van der Waals surface area contributed by atoms with Crippen molar-refractivity contribution < 1.29 is 9.90 Å². The quantitative estimate of drug-likeness (QED) is 0.881. The molecule has 0 bridgehead atoms. The minimum atomic E-state index is -0.824. The molecule has 2 rings (SSSR count). The molecule has 0 saturated heterocycles. The van der Waals surface area contributed by atoms with Crippen LogP contribution in [0.4, 0.5) is 0 Å². The van der Waals surface area contributed by atoms with E-state index in [-0.39, 0.29) is 18.2 Å². The molecule has 0 unspecified atom stereocenters. The zero-order valence-electron chi connectivity index (χ0n) is 10.8. The van der Waals surface area contributed by atoms with E-state index in [0.717, 1.165) is 30.5 Å². The van der Waals surface area contributed by atoms with Crippen LogP contribution in [-0.2, 0) is 11.2 Å². The van der Waals surface area contributed by atoms with Crippen LogP contribution in [0.5, 0.6) is 0 Å². The second-order valence-corrected chi connectivity index (χ2v) is 4.89. The van der Waals surface area contributed by atoms with Crippen molar-refractivity contribution in [3.8, 4) is 0 Å². The summed E-state index contributed by atoms with van der Waals surface area (Å²) in [5, 5.41) is 8.76. The van der Waals surface area contributed by atoms with E-state index in [0.29, 0.717) is 12.1 Å². The molecule has 1 aliphatic rings. The summed E-state index contributed by atoms with van der Waals surface area (Å²) in [4.78, 5) is 26.6. The van der Waals surface area contributed by atoms with Crippen LogP contribution in [0, 0.1) is 13.8 Å². The first-order valence-corrected chi connectivity index (χ1v) is 6.31. The molecule has 0 aliphatic heterocycles. The maximum Gasteiger partial charge on any atom is 0.348 e. The number of carboxylic acid groups (broad SMARTS) is 1. The van der Waals surface area contributed by atoms with Crippen molar-refractivity contribution in [2.24, 2.45) is 0 Å². The van der Waals surface area contributed by atoms with Gasteiger partial charge >= 0.3 is 11.7 Å². The zero-order valence-corrected chi connectivity index (χ0v) is 10.8. The summed E-state index contributed by atoms with van der Waals surface area (Å²) in [6, 6.07) is 0.258. The van der Waals surface area contributed by atoms with Crippen LogP contribution in [-0.4, -0.2) is 20.6 Å². The van der Waals surface area contributed by atoms with Gasteiger partial charge in [0.15, 0.2) is 0 Å². The van der Waals surface area contributed by atoms with Gasteiger partial charge in [-0.15, -0.1) is 0 Å². The van der Waals surface area contributed by atoms with E-state index in [2.05, 4.69) is 4.98 Å². The maximum atomic E-state index is 11.9. The predicted octanol–water partition coefficient (Wildman–Crippen LogP) is 1.60. The highest BCUT2D eigenvalue weighted by Crippen LogP contribution is 2.31. The molecule has 98 valence electrons. The fourth-order valence-electron chi connectivity index (χ4n) is 2.48. The Morgan fingerprint density at radius 3 is 2.61 bits per heavy atom. The normalized spacial score (nSPS) is 15.4. The van der Waals surface area contributed by atoms with Gasteiger partial charge < -0.3 is 5.11 Å². The van der Waals surface area contributed by atoms with Gasteiger partial charge in [0.25, 0.3) is 0 Å². The van der Waals surface area contributed by atoms with Crippen molar-refractivity contribution in [2.75, 3.05) is 0 Å². The molecule has 0 radical (unpaired) electrons. The second-order valence-electron chi connectivity index (χ2n) is 4.89. The van der Waals surface area contributed by atoms with Crippen LogP contribution in [0.25, 0.3) is 0 Å². The number of rotatable bonds is 4. The number of nitrogens with zero attached hydrogens (tertiary/aromatic N) is 2. The summed E-state index contributed by atoms with van der Waals surface area (Å²) >= 11 is 0. The number of aryl methyl sites for hydroxylation is 1. The highest BCUT2D eigenvalue weighted by atomic mass is 16.4. The highest BCUT2D eigenvalue weighted by Gasteiger charge is 2.24. The minimum absolute atomic E-state index is 0.0756. The number of carbonyl (C=O) groups is 1. The van der Waals surface area contributed by atoms with Crippen molar-refractivity contribution in [3.05, 3.63) is 27.4 Å². The van der Waals surface area contributed by atoms with Crippen molar-refractivity contribution >= 4 is 5.97 Å². The Kier molecular flexibility index (Phi) is 3.50. The van der Waals surface area contributed by atoms with Gasteiger partial charge in [-0.05, 0) is 45.1 Å². The molecule has 1 fully saturated rings. The van der Waals surface area contributed by atoms with Crippen molar-refractivity contribution in [3.63, 3.8) is 0 Å². The summed E-state index contributed by atoms with van der Waals surface area (Å²) in [5.41, 5.74) is 2.26. The van der Waals surface area contributed by atoms with E-state index in [4.69, 9.17) is 5.11 Å². The average Bonchev–Trinajstić information content (AvgIpc) is 2.20. The Labute approximate surface area is 105 Å². The lowest BCUT2D eigenvalue weighted by Crippen LogP contribution is -2.34. The van der Waals surface area contributed by atoms with E-state index in [1.807, 2.05) is 6.92 Å². The molecule has 1 aromatic rings. The van der Waals surface area contributed by atoms with Crippen LogP contribution in [0.15, 0.2) is 4.79 Å². The largest absolute Gasteiger partial charge is 0.481 e. The Morgan fingerprint density at radius 2 is 2.11 bits per heavy atom. The van der Waals surface area contributed by atoms with Gasteiger partial charge in [0.2, 0.25) is 0 Å². The molecular formula is C13H18N2O3. The van der Waals surface area contributed by atoms with Gasteiger partial charge in [-0.1, -0.05) is 0 Å². The molecule has 0 amide bonds. The predicted molar refractivity (Wildman–Crippen MR) is 66.8 cm³/mol. The third-order valence-corrected chi connectivity index (χ3v) is 3.73. The minimum Gasteiger partial charge on any atom is -0.481 e. The molecule has 1 saturated carbocycles. The SMILES string of the molecule is Cc1nc(=O)n(C2CCC2)c(C)c1CCC(=O)O. The van der Waals surface area contributed by atoms with E-state index in [1.165, 1.54) is 0 Å². The molecule has 1 aliphatic carbocycles. The molecule has 0 spiro atoms. The molecule has 1 heterocycles. The summed E-state index contributed by atoms with van der Waals surface area (Å²) in [6.45, 7) is 3.67. The van der Waals surface area contributed by atoms with Crippen molar-refractivity contribution in [1.82, 2.24) is 9.55 Å². The number of hydrogen-bond donors (Lipinski definition) is 1. The van der Waals surface area contributed by atoms with Gasteiger partial charge in [0.05, 0.1) is 0 Å². The van der Waals surface area contributed by atoms with E-state index in [1.54, 1.807) is 11.5 Å². The third kappa shape index (κ3) is 2.30. The fraction of sp³-hybridized carbons (Fsp3) is 0.615. The average molecular weight is 250 g/mol. The van der Waals surface area contributed by atoms with Crippen LogP contribution in [0.1, 0.15) is 48.7 Å². The lowest BCUT2D eigenvalue weighted by atomic mass is 9.92. The molecule has 1 N–H and O–H groups in total. The summed E-state index contributed by atoms with van der Waals surface area (Å²) in [7, 11) is 0. The fourth-order valence-corrected chi connectivity index (χ4v) is 2.48. The van der Waals surface area contributed by atoms with Gasteiger partial charge in [-0.2, -0.15) is 4.98 Å². The Balaban J connectivity index is 2.39. The Bertz CT molecular complexity index is 530. The first-order valence-electron chi connectivity index (χ1n) is 6.31. The van der Waals surface area contributed by atoms with Crippen LogP contribution in [0.3, 0.4) is 0 Å². The Morgan fingerprint density at radius 1 is 1.44 bits per heavy atom.